The van der Waals surface area contributed by atoms with Crippen LogP contribution in [0.2, 0.25) is 0 Å². The lowest BCUT2D eigenvalue weighted by molar-refractivity contribution is -0.153. The van der Waals surface area contributed by atoms with Gasteiger partial charge in [-0.3, -0.25) is 5.32 Å². The topological polar surface area (TPSA) is 47.6 Å². The molecule has 2 unspecified atom stereocenters. The molecule has 0 spiro atoms. The Morgan fingerprint density at radius 1 is 1.37 bits per heavy atom. The summed E-state index contributed by atoms with van der Waals surface area (Å²) >= 11 is 0. The highest BCUT2D eigenvalue weighted by Gasteiger charge is 2.40. The van der Waals surface area contributed by atoms with Crippen LogP contribution in [0, 0.1) is 0 Å². The van der Waals surface area contributed by atoms with Crippen LogP contribution in [0.3, 0.4) is 0 Å². The fourth-order valence-corrected chi connectivity index (χ4v) is 1.86. The third kappa shape index (κ3) is 3.55. The first kappa shape index (κ1) is 15.7. The predicted molar refractivity (Wildman–Crippen MR) is 74.9 cm³/mol. The molecule has 1 N–H and O–H groups in total. The second kappa shape index (κ2) is 7.26. The first-order chi connectivity index (χ1) is 9.10. The Bertz CT molecular complexity index is 394. The highest BCUT2D eigenvalue weighted by atomic mass is 16.5. The number of esters is 1. The standard InChI is InChI=1S/C15H23NO3/c1-5-12(2)19-11-15(16-3,14(17)18-4)13-9-7-6-8-10-13/h6-10,12,16H,5,11H2,1-4H3. The van der Waals surface area contributed by atoms with E-state index in [2.05, 4.69) is 5.32 Å². The molecule has 0 bridgehead atoms. The molecule has 1 rings (SSSR count). The molecule has 0 radical (unpaired) electrons. The first-order valence-electron chi connectivity index (χ1n) is 6.55. The molecule has 0 fully saturated rings. The normalized spacial score (nSPS) is 15.6. The lowest BCUT2D eigenvalue weighted by Gasteiger charge is -2.31. The van der Waals surface area contributed by atoms with Gasteiger partial charge in [0, 0.05) is 0 Å². The third-order valence-electron chi connectivity index (χ3n) is 3.39. The summed E-state index contributed by atoms with van der Waals surface area (Å²) in [5.74, 6) is -0.343. The maximum Gasteiger partial charge on any atom is 0.333 e. The van der Waals surface area contributed by atoms with Crippen LogP contribution in [-0.4, -0.2) is 32.8 Å². The Hall–Kier alpha value is -1.39. The molecule has 0 saturated heterocycles. The minimum Gasteiger partial charge on any atom is -0.467 e. The zero-order valence-electron chi connectivity index (χ0n) is 12.1. The lowest BCUT2D eigenvalue weighted by Crippen LogP contribution is -2.52. The predicted octanol–water partition coefficient (Wildman–Crippen LogP) is 2.09. The smallest absolute Gasteiger partial charge is 0.333 e. The average molecular weight is 265 g/mol. The van der Waals surface area contributed by atoms with Crippen molar-refractivity contribution < 1.29 is 14.3 Å². The first-order valence-corrected chi connectivity index (χ1v) is 6.55. The molecule has 0 aliphatic rings. The minimum absolute atomic E-state index is 0.0982. The van der Waals surface area contributed by atoms with E-state index < -0.39 is 5.54 Å². The molecule has 0 aliphatic heterocycles. The number of likely N-dealkylation sites (N-methyl/N-ethyl adjacent to an activating group) is 1. The summed E-state index contributed by atoms with van der Waals surface area (Å²) in [6, 6.07) is 9.50. The molecule has 4 nitrogen and oxygen atoms in total. The Morgan fingerprint density at radius 2 is 2.00 bits per heavy atom. The van der Waals surface area contributed by atoms with Crippen LogP contribution < -0.4 is 5.32 Å². The molecule has 0 saturated carbocycles. The average Bonchev–Trinajstić information content (AvgIpc) is 2.48. The molecule has 0 aromatic heterocycles. The van der Waals surface area contributed by atoms with E-state index in [0.29, 0.717) is 0 Å². The van der Waals surface area contributed by atoms with Gasteiger partial charge >= 0.3 is 5.97 Å². The largest absolute Gasteiger partial charge is 0.467 e. The van der Waals surface area contributed by atoms with E-state index in [0.717, 1.165) is 12.0 Å². The fourth-order valence-electron chi connectivity index (χ4n) is 1.86. The van der Waals surface area contributed by atoms with Gasteiger partial charge in [-0.1, -0.05) is 37.3 Å². The number of rotatable bonds is 7. The van der Waals surface area contributed by atoms with Gasteiger partial charge in [-0.15, -0.1) is 0 Å². The highest BCUT2D eigenvalue weighted by Crippen LogP contribution is 2.24. The monoisotopic (exact) mass is 265 g/mol. The fraction of sp³-hybridized carbons (Fsp3) is 0.533. The Kier molecular flexibility index (Phi) is 5.99. The molecule has 4 heteroatoms. The van der Waals surface area contributed by atoms with Crippen molar-refractivity contribution in [1.29, 1.82) is 0 Å². The number of benzene rings is 1. The summed E-state index contributed by atoms with van der Waals surface area (Å²) in [5, 5.41) is 3.06. The van der Waals surface area contributed by atoms with Crippen LogP contribution in [0.1, 0.15) is 25.8 Å². The second-order valence-electron chi connectivity index (χ2n) is 4.54. The van der Waals surface area contributed by atoms with Crippen LogP contribution in [0.25, 0.3) is 0 Å². The number of carbonyl (C=O) groups is 1. The second-order valence-corrected chi connectivity index (χ2v) is 4.54. The zero-order chi connectivity index (χ0) is 14.3. The van der Waals surface area contributed by atoms with Crippen molar-refractivity contribution in [3.05, 3.63) is 35.9 Å². The van der Waals surface area contributed by atoms with Gasteiger partial charge in [0.15, 0.2) is 5.54 Å². The molecular weight excluding hydrogens is 242 g/mol. The Balaban J connectivity index is 3.05. The van der Waals surface area contributed by atoms with Crippen LogP contribution >= 0.6 is 0 Å². The summed E-state index contributed by atoms with van der Waals surface area (Å²) in [4.78, 5) is 12.2. The molecule has 106 valence electrons. The Morgan fingerprint density at radius 3 is 2.47 bits per heavy atom. The van der Waals surface area contributed by atoms with Gasteiger partial charge in [-0.25, -0.2) is 4.79 Å². The molecule has 0 aliphatic carbocycles. The van der Waals surface area contributed by atoms with Gasteiger partial charge < -0.3 is 9.47 Å². The van der Waals surface area contributed by atoms with Gasteiger partial charge in [0.2, 0.25) is 0 Å². The van der Waals surface area contributed by atoms with Gasteiger partial charge in [0.1, 0.15) is 0 Å². The highest BCUT2D eigenvalue weighted by molar-refractivity contribution is 5.82. The quantitative estimate of drug-likeness (QED) is 0.767. The molecule has 1 aromatic rings. The summed E-state index contributed by atoms with van der Waals surface area (Å²) in [6.45, 7) is 4.28. The molecule has 0 heterocycles. The van der Waals surface area contributed by atoms with Gasteiger partial charge in [0.25, 0.3) is 0 Å². The van der Waals surface area contributed by atoms with Crippen molar-refractivity contribution in [2.45, 2.75) is 31.9 Å². The van der Waals surface area contributed by atoms with E-state index >= 15 is 0 Å². The SMILES string of the molecule is CCC(C)OCC(NC)(C(=O)OC)c1ccccc1. The third-order valence-corrected chi connectivity index (χ3v) is 3.39. The molecule has 19 heavy (non-hydrogen) atoms. The van der Waals surface area contributed by atoms with E-state index in [9.17, 15) is 4.79 Å². The van der Waals surface area contributed by atoms with E-state index in [4.69, 9.17) is 9.47 Å². The minimum atomic E-state index is -0.959. The number of methoxy groups -OCH3 is 1. The summed E-state index contributed by atoms with van der Waals surface area (Å²) < 4.78 is 10.7. The molecule has 0 amide bonds. The number of ether oxygens (including phenoxy) is 2. The van der Waals surface area contributed by atoms with Gasteiger partial charge in [-0.2, -0.15) is 0 Å². The van der Waals surface area contributed by atoms with Crippen LogP contribution in [-0.2, 0) is 19.8 Å². The number of carbonyl (C=O) groups excluding carboxylic acids is 1. The maximum atomic E-state index is 12.2. The van der Waals surface area contributed by atoms with Crippen molar-refractivity contribution in [2.75, 3.05) is 20.8 Å². The van der Waals surface area contributed by atoms with Crippen molar-refractivity contribution in [3.63, 3.8) is 0 Å². The Labute approximate surface area is 115 Å². The van der Waals surface area contributed by atoms with Crippen LogP contribution in [0.15, 0.2) is 30.3 Å². The summed E-state index contributed by atoms with van der Waals surface area (Å²) in [7, 11) is 3.13. The van der Waals surface area contributed by atoms with Crippen LogP contribution in [0.4, 0.5) is 0 Å². The lowest BCUT2D eigenvalue weighted by atomic mass is 9.90. The van der Waals surface area contributed by atoms with E-state index in [1.54, 1.807) is 7.05 Å². The molecule has 2 atom stereocenters. The summed E-state index contributed by atoms with van der Waals surface area (Å²) in [6.07, 6.45) is 0.997. The molecular formula is C15H23NO3. The van der Waals surface area contributed by atoms with Crippen molar-refractivity contribution >= 4 is 5.97 Å². The maximum absolute atomic E-state index is 12.2. The van der Waals surface area contributed by atoms with Gasteiger partial charge in [0.05, 0.1) is 19.8 Å². The molecule has 1 aromatic carbocycles. The van der Waals surface area contributed by atoms with Crippen molar-refractivity contribution in [1.82, 2.24) is 5.32 Å². The number of hydrogen-bond acceptors (Lipinski definition) is 4. The van der Waals surface area contributed by atoms with Crippen molar-refractivity contribution in [2.24, 2.45) is 0 Å². The van der Waals surface area contributed by atoms with Crippen molar-refractivity contribution in [3.8, 4) is 0 Å². The number of hydrogen-bond donors (Lipinski definition) is 1. The van der Waals surface area contributed by atoms with E-state index in [1.807, 2.05) is 44.2 Å². The van der Waals surface area contributed by atoms with Gasteiger partial charge in [-0.05, 0) is 26.0 Å². The van der Waals surface area contributed by atoms with Crippen LogP contribution in [0.5, 0.6) is 0 Å². The number of nitrogens with one attached hydrogen (secondary N) is 1. The zero-order valence-corrected chi connectivity index (χ0v) is 12.1. The van der Waals surface area contributed by atoms with E-state index in [1.165, 1.54) is 7.11 Å². The summed E-state index contributed by atoms with van der Waals surface area (Å²) in [5.41, 5.74) is -0.118. The van der Waals surface area contributed by atoms with E-state index in [-0.39, 0.29) is 18.7 Å².